The molecule has 0 unspecified atom stereocenters. The van der Waals surface area contributed by atoms with Crippen molar-refractivity contribution in [2.24, 2.45) is 0 Å². The molecule has 4 aromatic rings. The highest BCUT2D eigenvalue weighted by molar-refractivity contribution is 5.89. The lowest BCUT2D eigenvalue weighted by Crippen LogP contribution is -1.96. The Morgan fingerprint density at radius 3 is 2.07 bits per heavy atom. The van der Waals surface area contributed by atoms with E-state index in [1.54, 1.807) is 21.3 Å². The van der Waals surface area contributed by atoms with Crippen LogP contribution in [-0.4, -0.2) is 26.3 Å². The van der Waals surface area contributed by atoms with Crippen LogP contribution in [0.25, 0.3) is 33.4 Å². The van der Waals surface area contributed by atoms with E-state index in [2.05, 4.69) is 29.2 Å². The van der Waals surface area contributed by atoms with Crippen molar-refractivity contribution in [3.05, 3.63) is 60.5 Å². The molecule has 5 nitrogen and oxygen atoms in total. The fourth-order valence-electron chi connectivity index (χ4n) is 3.37. The number of ether oxygens (including phenoxy) is 3. The number of aromatic nitrogens is 1. The van der Waals surface area contributed by atoms with E-state index in [4.69, 9.17) is 18.6 Å². The van der Waals surface area contributed by atoms with Crippen LogP contribution in [0.15, 0.2) is 59.0 Å². The van der Waals surface area contributed by atoms with Gasteiger partial charge in [0, 0.05) is 18.1 Å². The number of methoxy groups -OCH3 is 3. The zero-order valence-electron chi connectivity index (χ0n) is 16.3. The molecule has 0 spiro atoms. The number of aryl methyl sites for hydroxylation is 1. The van der Waals surface area contributed by atoms with Gasteiger partial charge in [-0.1, -0.05) is 36.4 Å². The fourth-order valence-corrected chi connectivity index (χ4v) is 3.37. The number of rotatable bonds is 5. The highest BCUT2D eigenvalue weighted by atomic mass is 16.5. The second-order valence-electron chi connectivity index (χ2n) is 6.39. The third kappa shape index (κ3) is 3.05. The average Bonchev–Trinajstić information content (AvgIpc) is 3.13. The molecule has 3 aromatic carbocycles. The van der Waals surface area contributed by atoms with Gasteiger partial charge in [-0.3, -0.25) is 0 Å². The summed E-state index contributed by atoms with van der Waals surface area (Å²) in [4.78, 5) is 4.63. The summed E-state index contributed by atoms with van der Waals surface area (Å²) in [6, 6.07) is 18.2. The Balaban J connectivity index is 1.90. The number of hydrogen-bond donors (Lipinski definition) is 0. The van der Waals surface area contributed by atoms with Crippen LogP contribution < -0.4 is 14.2 Å². The molecule has 0 aliphatic heterocycles. The van der Waals surface area contributed by atoms with Gasteiger partial charge in [-0.15, -0.1) is 0 Å². The lowest BCUT2D eigenvalue weighted by Gasteiger charge is -2.13. The van der Waals surface area contributed by atoms with Gasteiger partial charge < -0.3 is 18.6 Å². The van der Waals surface area contributed by atoms with Gasteiger partial charge in [0.05, 0.1) is 21.3 Å². The van der Waals surface area contributed by atoms with E-state index in [1.807, 2.05) is 37.3 Å². The Hall–Kier alpha value is -3.47. The Bertz CT molecular complexity index is 1120. The van der Waals surface area contributed by atoms with Crippen LogP contribution in [0.4, 0.5) is 0 Å². The molecule has 1 heterocycles. The standard InChI is InChI=1S/C23H21NO4/c1-14-24-21(18-12-19(25-2)23(27-4)20(13-18)26-3)22(28-14)17-10-9-15-7-5-6-8-16(15)11-17/h5-13H,1-4H3. The summed E-state index contributed by atoms with van der Waals surface area (Å²) in [5, 5.41) is 2.32. The number of nitrogens with zero attached hydrogens (tertiary/aromatic N) is 1. The lowest BCUT2D eigenvalue weighted by atomic mass is 10.0. The van der Waals surface area contributed by atoms with Crippen molar-refractivity contribution < 1.29 is 18.6 Å². The molecule has 1 aromatic heterocycles. The SMILES string of the molecule is COc1cc(-c2nc(C)oc2-c2ccc3ccccc3c2)cc(OC)c1OC. The second kappa shape index (κ2) is 7.27. The van der Waals surface area contributed by atoms with Crippen LogP contribution in [0.5, 0.6) is 17.2 Å². The topological polar surface area (TPSA) is 53.7 Å². The molecule has 0 amide bonds. The summed E-state index contributed by atoms with van der Waals surface area (Å²) in [5.74, 6) is 2.98. The van der Waals surface area contributed by atoms with Crippen molar-refractivity contribution in [1.29, 1.82) is 0 Å². The molecule has 0 fully saturated rings. The molecule has 0 radical (unpaired) electrons. The minimum atomic E-state index is 0.543. The summed E-state index contributed by atoms with van der Waals surface area (Å²) >= 11 is 0. The van der Waals surface area contributed by atoms with Crippen molar-refractivity contribution in [3.63, 3.8) is 0 Å². The molecule has 0 aliphatic carbocycles. The van der Waals surface area contributed by atoms with Crippen molar-refractivity contribution in [2.45, 2.75) is 6.92 Å². The average molecular weight is 375 g/mol. The van der Waals surface area contributed by atoms with Crippen LogP contribution in [0, 0.1) is 6.92 Å². The summed E-state index contributed by atoms with van der Waals surface area (Å²) in [7, 11) is 4.78. The molecule has 4 rings (SSSR count). The number of hydrogen-bond acceptors (Lipinski definition) is 5. The van der Waals surface area contributed by atoms with Crippen molar-refractivity contribution in [2.75, 3.05) is 21.3 Å². The van der Waals surface area contributed by atoms with Crippen LogP contribution in [0.3, 0.4) is 0 Å². The number of oxazole rings is 1. The first kappa shape index (κ1) is 17.9. The van der Waals surface area contributed by atoms with Crippen LogP contribution >= 0.6 is 0 Å². The van der Waals surface area contributed by atoms with E-state index in [0.29, 0.717) is 28.9 Å². The molecular weight excluding hydrogens is 354 g/mol. The van der Waals surface area contributed by atoms with E-state index in [9.17, 15) is 0 Å². The number of fused-ring (bicyclic) bond motifs is 1. The lowest BCUT2D eigenvalue weighted by molar-refractivity contribution is 0.324. The third-order valence-corrected chi connectivity index (χ3v) is 4.68. The van der Waals surface area contributed by atoms with E-state index < -0.39 is 0 Å². The van der Waals surface area contributed by atoms with Crippen molar-refractivity contribution in [1.82, 2.24) is 4.98 Å². The first-order valence-corrected chi connectivity index (χ1v) is 8.91. The van der Waals surface area contributed by atoms with Gasteiger partial charge in [0.2, 0.25) is 5.75 Å². The highest BCUT2D eigenvalue weighted by Gasteiger charge is 2.20. The Kier molecular flexibility index (Phi) is 4.65. The molecule has 28 heavy (non-hydrogen) atoms. The van der Waals surface area contributed by atoms with Gasteiger partial charge in [0.15, 0.2) is 23.1 Å². The first-order valence-electron chi connectivity index (χ1n) is 8.91. The Morgan fingerprint density at radius 1 is 0.750 bits per heavy atom. The first-order chi connectivity index (χ1) is 13.6. The normalized spacial score (nSPS) is 10.9. The van der Waals surface area contributed by atoms with E-state index in [1.165, 1.54) is 5.39 Å². The molecule has 0 N–H and O–H groups in total. The van der Waals surface area contributed by atoms with E-state index in [0.717, 1.165) is 22.2 Å². The van der Waals surface area contributed by atoms with E-state index >= 15 is 0 Å². The molecule has 5 heteroatoms. The van der Waals surface area contributed by atoms with Crippen LogP contribution in [0.2, 0.25) is 0 Å². The maximum Gasteiger partial charge on any atom is 0.203 e. The molecule has 0 saturated heterocycles. The second-order valence-corrected chi connectivity index (χ2v) is 6.39. The summed E-state index contributed by atoms with van der Waals surface area (Å²) in [6.45, 7) is 1.84. The van der Waals surface area contributed by atoms with Gasteiger partial charge in [0.25, 0.3) is 0 Å². The van der Waals surface area contributed by atoms with Gasteiger partial charge in [-0.2, -0.15) is 0 Å². The van der Waals surface area contributed by atoms with Crippen LogP contribution in [-0.2, 0) is 0 Å². The van der Waals surface area contributed by atoms with Crippen LogP contribution in [0.1, 0.15) is 5.89 Å². The largest absolute Gasteiger partial charge is 0.493 e. The quantitative estimate of drug-likeness (QED) is 0.461. The number of benzene rings is 3. The summed E-state index contributed by atoms with van der Waals surface area (Å²) in [5.41, 5.74) is 2.52. The van der Waals surface area contributed by atoms with Gasteiger partial charge in [0.1, 0.15) is 5.69 Å². The minimum absolute atomic E-state index is 0.543. The molecule has 142 valence electrons. The molecule has 0 atom stereocenters. The summed E-state index contributed by atoms with van der Waals surface area (Å²) in [6.07, 6.45) is 0. The maximum absolute atomic E-state index is 5.98. The predicted octanol–water partition coefficient (Wildman–Crippen LogP) is 5.50. The molecule has 0 bridgehead atoms. The van der Waals surface area contributed by atoms with E-state index in [-0.39, 0.29) is 0 Å². The molecule has 0 aliphatic rings. The van der Waals surface area contributed by atoms with Gasteiger partial charge >= 0.3 is 0 Å². The zero-order valence-corrected chi connectivity index (χ0v) is 16.3. The molecular formula is C23H21NO4. The van der Waals surface area contributed by atoms with Gasteiger partial charge in [-0.25, -0.2) is 4.98 Å². The maximum atomic E-state index is 5.98. The van der Waals surface area contributed by atoms with Gasteiger partial charge in [-0.05, 0) is 29.0 Å². The van der Waals surface area contributed by atoms with Crippen molar-refractivity contribution >= 4 is 10.8 Å². The smallest absolute Gasteiger partial charge is 0.203 e. The zero-order chi connectivity index (χ0) is 19.7. The van der Waals surface area contributed by atoms with Crippen molar-refractivity contribution in [3.8, 4) is 39.8 Å². The Labute approximate surface area is 163 Å². The summed E-state index contributed by atoms with van der Waals surface area (Å²) < 4.78 is 22.4. The minimum Gasteiger partial charge on any atom is -0.493 e. The Morgan fingerprint density at radius 2 is 1.43 bits per heavy atom. The monoisotopic (exact) mass is 375 g/mol. The third-order valence-electron chi connectivity index (χ3n) is 4.68. The molecule has 0 saturated carbocycles. The predicted molar refractivity (Wildman–Crippen MR) is 109 cm³/mol. The highest BCUT2D eigenvalue weighted by Crippen LogP contribution is 2.43. The fraction of sp³-hybridized carbons (Fsp3) is 0.174.